The highest BCUT2D eigenvalue weighted by molar-refractivity contribution is 5.77. The monoisotopic (exact) mass is 334 g/mol. The highest BCUT2D eigenvalue weighted by Crippen LogP contribution is 2.23. The summed E-state index contributed by atoms with van der Waals surface area (Å²) in [4.78, 5) is 17.9. The molecule has 0 spiro atoms. The Morgan fingerprint density at radius 2 is 2.21 bits per heavy atom. The van der Waals surface area contributed by atoms with Gasteiger partial charge in [0.25, 0.3) is 0 Å². The van der Waals surface area contributed by atoms with Crippen molar-refractivity contribution in [1.29, 1.82) is 0 Å². The van der Waals surface area contributed by atoms with Gasteiger partial charge in [-0.2, -0.15) is 0 Å². The van der Waals surface area contributed by atoms with Crippen LogP contribution in [0.3, 0.4) is 0 Å². The molecule has 1 aliphatic rings. The van der Waals surface area contributed by atoms with Gasteiger partial charge in [-0.3, -0.25) is 4.79 Å². The first-order valence-electron chi connectivity index (χ1n) is 7.73. The van der Waals surface area contributed by atoms with E-state index in [0.29, 0.717) is 37.8 Å². The Hall–Kier alpha value is -2.25. The average molecular weight is 334 g/mol. The first kappa shape index (κ1) is 16.6. The van der Waals surface area contributed by atoms with Crippen LogP contribution in [-0.2, 0) is 20.7 Å². The number of methoxy groups -OCH3 is 1. The van der Waals surface area contributed by atoms with Gasteiger partial charge in [-0.1, -0.05) is 12.1 Å². The first-order valence-corrected chi connectivity index (χ1v) is 7.73. The van der Waals surface area contributed by atoms with Gasteiger partial charge in [0.1, 0.15) is 18.2 Å². The molecule has 1 unspecified atom stereocenters. The Bertz CT molecular complexity index is 686. The topological polar surface area (TPSA) is 64.8 Å². The summed E-state index contributed by atoms with van der Waals surface area (Å²) in [5.41, 5.74) is 0.931. The Morgan fingerprint density at radius 3 is 2.96 bits per heavy atom. The third kappa shape index (κ3) is 3.98. The van der Waals surface area contributed by atoms with Crippen LogP contribution < -0.4 is 0 Å². The fourth-order valence-electron chi connectivity index (χ4n) is 2.60. The van der Waals surface area contributed by atoms with E-state index in [4.69, 9.17) is 13.9 Å². The summed E-state index contributed by atoms with van der Waals surface area (Å²) >= 11 is 0. The smallest absolute Gasteiger partial charge is 0.248 e. The molecule has 1 amide bonds. The molecular formula is C17H19FN2O4. The summed E-state index contributed by atoms with van der Waals surface area (Å²) in [5.74, 6) is 0.764. The van der Waals surface area contributed by atoms with E-state index in [0.717, 1.165) is 5.56 Å². The molecule has 0 aliphatic carbocycles. The number of hydrogen-bond acceptors (Lipinski definition) is 5. The Morgan fingerprint density at radius 1 is 1.42 bits per heavy atom. The Labute approximate surface area is 139 Å². The lowest BCUT2D eigenvalue weighted by Crippen LogP contribution is -2.43. The second kappa shape index (κ2) is 7.55. The third-order valence-electron chi connectivity index (χ3n) is 3.83. The number of aromatic nitrogens is 1. The lowest BCUT2D eigenvalue weighted by molar-refractivity contribution is -0.143. The maximum Gasteiger partial charge on any atom is 0.248 e. The molecule has 0 N–H and O–H groups in total. The summed E-state index contributed by atoms with van der Waals surface area (Å²) in [6.45, 7) is 1.39. The van der Waals surface area contributed by atoms with Crippen molar-refractivity contribution in [3.05, 3.63) is 53.5 Å². The predicted octanol–water partition coefficient (Wildman–Crippen LogP) is 1.95. The number of carbonyl (C=O) groups is 1. The fourth-order valence-corrected chi connectivity index (χ4v) is 2.60. The zero-order chi connectivity index (χ0) is 16.9. The Kier molecular flexibility index (Phi) is 5.22. The van der Waals surface area contributed by atoms with Crippen LogP contribution in [0.5, 0.6) is 0 Å². The van der Waals surface area contributed by atoms with Gasteiger partial charge < -0.3 is 18.8 Å². The second-order valence-corrected chi connectivity index (χ2v) is 5.60. The number of benzene rings is 1. The quantitative estimate of drug-likeness (QED) is 0.836. The zero-order valence-corrected chi connectivity index (χ0v) is 13.4. The van der Waals surface area contributed by atoms with Crippen LogP contribution in [0.15, 0.2) is 34.9 Å². The van der Waals surface area contributed by atoms with Crippen molar-refractivity contribution in [3.63, 3.8) is 0 Å². The lowest BCUT2D eigenvalue weighted by atomic mass is 10.1. The van der Waals surface area contributed by atoms with Crippen LogP contribution in [-0.4, -0.2) is 49.2 Å². The summed E-state index contributed by atoms with van der Waals surface area (Å²) in [6.07, 6.45) is 1.77. The predicted molar refractivity (Wildman–Crippen MR) is 82.9 cm³/mol. The highest BCUT2D eigenvalue weighted by atomic mass is 19.1. The van der Waals surface area contributed by atoms with Crippen molar-refractivity contribution in [2.24, 2.45) is 0 Å². The molecule has 1 saturated heterocycles. The van der Waals surface area contributed by atoms with E-state index < -0.39 is 0 Å². The van der Waals surface area contributed by atoms with E-state index in [1.54, 1.807) is 23.2 Å². The number of ether oxygens (including phenoxy) is 2. The van der Waals surface area contributed by atoms with Crippen LogP contribution in [0.25, 0.3) is 0 Å². The van der Waals surface area contributed by atoms with Crippen molar-refractivity contribution >= 4 is 5.91 Å². The molecular weight excluding hydrogens is 315 g/mol. The van der Waals surface area contributed by atoms with E-state index in [-0.39, 0.29) is 24.4 Å². The number of rotatable bonds is 5. The summed E-state index contributed by atoms with van der Waals surface area (Å²) in [6, 6.07) is 6.24. The number of amides is 1. The zero-order valence-electron chi connectivity index (χ0n) is 13.4. The van der Waals surface area contributed by atoms with Gasteiger partial charge in [0.2, 0.25) is 11.8 Å². The molecule has 1 fully saturated rings. The summed E-state index contributed by atoms with van der Waals surface area (Å²) in [7, 11) is 1.49. The number of halogens is 1. The van der Waals surface area contributed by atoms with Gasteiger partial charge in [0.15, 0.2) is 6.10 Å². The highest BCUT2D eigenvalue weighted by Gasteiger charge is 2.28. The first-order chi connectivity index (χ1) is 11.7. The molecule has 0 saturated carbocycles. The number of carbonyl (C=O) groups excluding carboxylic acids is 1. The molecule has 2 aromatic rings. The van der Waals surface area contributed by atoms with Gasteiger partial charge in [0, 0.05) is 20.1 Å². The maximum atomic E-state index is 12.9. The molecule has 7 heteroatoms. The lowest BCUT2D eigenvalue weighted by Gasteiger charge is -2.31. The van der Waals surface area contributed by atoms with E-state index in [1.165, 1.54) is 19.2 Å². The average Bonchev–Trinajstić information content (AvgIpc) is 3.06. The standard InChI is InChI=1S/C17H19FN2O4/c1-22-11-16(21)20-6-7-23-15(10-20)17-19-9-14(24-17)8-12-2-4-13(18)5-3-12/h2-5,9,15H,6-8,10-11H2,1H3. The van der Waals surface area contributed by atoms with Crippen LogP contribution in [0.4, 0.5) is 4.39 Å². The van der Waals surface area contributed by atoms with Gasteiger partial charge in [-0.05, 0) is 17.7 Å². The van der Waals surface area contributed by atoms with Gasteiger partial charge >= 0.3 is 0 Å². The molecule has 1 aliphatic heterocycles. The van der Waals surface area contributed by atoms with Crippen LogP contribution >= 0.6 is 0 Å². The number of morpholine rings is 1. The van der Waals surface area contributed by atoms with Crippen molar-refractivity contribution in [2.75, 3.05) is 33.4 Å². The third-order valence-corrected chi connectivity index (χ3v) is 3.83. The molecule has 1 aromatic carbocycles. The van der Waals surface area contributed by atoms with Gasteiger partial charge in [-0.25, -0.2) is 9.37 Å². The SMILES string of the molecule is COCC(=O)N1CCOC(c2ncc(Cc3ccc(F)cc3)o2)C1. The van der Waals surface area contributed by atoms with Crippen molar-refractivity contribution in [1.82, 2.24) is 9.88 Å². The number of oxazole rings is 1. The Balaban J connectivity index is 1.64. The molecule has 0 bridgehead atoms. The molecule has 6 nitrogen and oxygen atoms in total. The molecule has 3 rings (SSSR count). The molecule has 0 radical (unpaired) electrons. The largest absolute Gasteiger partial charge is 0.442 e. The normalized spacial score (nSPS) is 17.9. The van der Waals surface area contributed by atoms with Crippen molar-refractivity contribution in [3.8, 4) is 0 Å². The van der Waals surface area contributed by atoms with E-state index in [1.807, 2.05) is 0 Å². The molecule has 2 heterocycles. The van der Waals surface area contributed by atoms with Crippen LogP contribution in [0, 0.1) is 5.82 Å². The van der Waals surface area contributed by atoms with Crippen LogP contribution in [0.1, 0.15) is 23.3 Å². The second-order valence-electron chi connectivity index (χ2n) is 5.60. The van der Waals surface area contributed by atoms with E-state index >= 15 is 0 Å². The van der Waals surface area contributed by atoms with Gasteiger partial charge in [-0.15, -0.1) is 0 Å². The molecule has 1 atom stereocenters. The number of hydrogen-bond donors (Lipinski definition) is 0. The maximum absolute atomic E-state index is 12.9. The number of nitrogens with zero attached hydrogens (tertiary/aromatic N) is 2. The minimum atomic E-state index is -0.387. The van der Waals surface area contributed by atoms with Crippen LogP contribution in [0.2, 0.25) is 0 Å². The van der Waals surface area contributed by atoms with Gasteiger partial charge in [0.05, 0.1) is 19.3 Å². The molecule has 1 aromatic heterocycles. The minimum Gasteiger partial charge on any atom is -0.442 e. The fraction of sp³-hybridized carbons (Fsp3) is 0.412. The van der Waals surface area contributed by atoms with E-state index in [9.17, 15) is 9.18 Å². The molecule has 128 valence electrons. The molecule has 24 heavy (non-hydrogen) atoms. The minimum absolute atomic E-state index is 0.0497. The van der Waals surface area contributed by atoms with Crippen molar-refractivity contribution in [2.45, 2.75) is 12.5 Å². The summed E-state index contributed by atoms with van der Waals surface area (Å²) < 4.78 is 29.2. The van der Waals surface area contributed by atoms with Crippen molar-refractivity contribution < 1.29 is 23.1 Å². The summed E-state index contributed by atoms with van der Waals surface area (Å²) in [5, 5.41) is 0. The van der Waals surface area contributed by atoms with E-state index in [2.05, 4.69) is 4.98 Å².